The topological polar surface area (TPSA) is 50.2 Å². The molecular weight excluding hydrogens is 181 g/mol. The first-order valence-electron chi connectivity index (χ1n) is 3.38. The van der Waals surface area contributed by atoms with Crippen LogP contribution in [-0.2, 0) is 11.5 Å². The third kappa shape index (κ3) is 1.79. The molecule has 1 heterocycles. The lowest BCUT2D eigenvalue weighted by Crippen LogP contribution is -2.05. The third-order valence-corrected chi connectivity index (χ3v) is 2.63. The van der Waals surface area contributed by atoms with Gasteiger partial charge in [0.25, 0.3) is 0 Å². The van der Waals surface area contributed by atoms with E-state index in [4.69, 9.17) is 5.11 Å². The van der Waals surface area contributed by atoms with Crippen molar-refractivity contribution in [2.24, 2.45) is 0 Å². The van der Waals surface area contributed by atoms with Crippen molar-refractivity contribution in [2.75, 3.05) is 0 Å². The number of thiazole rings is 1. The summed E-state index contributed by atoms with van der Waals surface area (Å²) >= 11 is 1.10. The number of nitrogens with zero attached hydrogens (tertiary/aromatic N) is 1. The van der Waals surface area contributed by atoms with Gasteiger partial charge in [0.15, 0.2) is 0 Å². The van der Waals surface area contributed by atoms with Crippen LogP contribution in [0.25, 0.3) is 0 Å². The van der Waals surface area contributed by atoms with Crippen molar-refractivity contribution < 1.29 is 14.3 Å². The van der Waals surface area contributed by atoms with E-state index in [2.05, 4.69) is 4.98 Å². The number of hydrogen-bond donors (Lipinski definition) is 1. The predicted molar refractivity (Wildman–Crippen MR) is 43.0 cm³/mol. The molecule has 1 unspecified atom stereocenters. The van der Waals surface area contributed by atoms with Crippen LogP contribution in [0.3, 0.4) is 0 Å². The highest BCUT2D eigenvalue weighted by Crippen LogP contribution is 2.22. The minimum absolute atomic E-state index is 0.332. The molecule has 3 nitrogen and oxygen atoms in total. The number of halogens is 1. The molecule has 1 rings (SSSR count). The molecule has 1 atom stereocenters. The van der Waals surface area contributed by atoms with Crippen LogP contribution in [-0.4, -0.2) is 16.1 Å². The molecule has 0 aromatic carbocycles. The van der Waals surface area contributed by atoms with Crippen molar-refractivity contribution in [2.45, 2.75) is 19.5 Å². The highest BCUT2D eigenvalue weighted by Gasteiger charge is 2.16. The van der Waals surface area contributed by atoms with E-state index >= 15 is 0 Å². The molecule has 0 spiro atoms. The second kappa shape index (κ2) is 3.62. The fourth-order valence-corrected chi connectivity index (χ4v) is 1.52. The molecule has 1 N–H and O–H groups in total. The second-order valence-electron chi connectivity index (χ2n) is 2.35. The number of hydrogen-bond acceptors (Lipinski definition) is 3. The van der Waals surface area contributed by atoms with Gasteiger partial charge in [-0.25, -0.2) is 9.37 Å². The Labute approximate surface area is 72.9 Å². The molecule has 0 aliphatic carbocycles. The van der Waals surface area contributed by atoms with Gasteiger partial charge in [-0.3, -0.25) is 4.79 Å². The summed E-state index contributed by atoms with van der Waals surface area (Å²) in [5.41, 5.74) is 0. The number of aliphatic carboxylic acids is 1. The minimum atomic E-state index is -0.913. The van der Waals surface area contributed by atoms with E-state index in [0.717, 1.165) is 11.3 Å². The van der Waals surface area contributed by atoms with Gasteiger partial charge in [0.1, 0.15) is 11.7 Å². The quantitative estimate of drug-likeness (QED) is 0.788. The molecule has 0 saturated heterocycles. The van der Waals surface area contributed by atoms with Gasteiger partial charge in [-0.2, -0.15) is 0 Å². The van der Waals surface area contributed by atoms with Gasteiger partial charge < -0.3 is 5.11 Å². The van der Waals surface area contributed by atoms with Crippen molar-refractivity contribution in [1.29, 1.82) is 0 Å². The van der Waals surface area contributed by atoms with Crippen molar-refractivity contribution in [3.8, 4) is 0 Å². The lowest BCUT2D eigenvalue weighted by Gasteiger charge is -1.99. The van der Waals surface area contributed by atoms with Gasteiger partial charge in [0.05, 0.1) is 5.92 Å². The maximum Gasteiger partial charge on any atom is 0.311 e. The predicted octanol–water partition coefficient (Wildman–Crippen LogP) is 1.80. The molecule has 0 radical (unpaired) electrons. The summed E-state index contributed by atoms with van der Waals surface area (Å²) in [6.45, 7) is 0.925. The first-order chi connectivity index (χ1) is 5.65. The maximum absolute atomic E-state index is 12.0. The van der Waals surface area contributed by atoms with E-state index in [1.807, 2.05) is 0 Å². The van der Waals surface area contributed by atoms with E-state index in [0.29, 0.717) is 9.88 Å². The van der Waals surface area contributed by atoms with E-state index < -0.39 is 18.6 Å². The summed E-state index contributed by atoms with van der Waals surface area (Å²) in [4.78, 5) is 14.8. The first kappa shape index (κ1) is 9.12. The number of alkyl halides is 1. The van der Waals surface area contributed by atoms with Crippen molar-refractivity contribution >= 4 is 17.3 Å². The fourth-order valence-electron chi connectivity index (χ4n) is 0.708. The van der Waals surface area contributed by atoms with Gasteiger partial charge in [0, 0.05) is 11.1 Å². The fraction of sp³-hybridized carbons (Fsp3) is 0.429. The highest BCUT2D eigenvalue weighted by atomic mass is 32.1. The maximum atomic E-state index is 12.0. The monoisotopic (exact) mass is 189 g/mol. The second-order valence-corrected chi connectivity index (χ2v) is 3.50. The molecule has 0 saturated carbocycles. The van der Waals surface area contributed by atoms with Crippen LogP contribution in [0.2, 0.25) is 0 Å². The summed E-state index contributed by atoms with van der Waals surface area (Å²) in [5.74, 6) is -1.51. The van der Waals surface area contributed by atoms with Crippen molar-refractivity contribution in [3.63, 3.8) is 0 Å². The summed E-state index contributed by atoms with van der Waals surface area (Å²) in [6.07, 6.45) is 1.42. The molecule has 12 heavy (non-hydrogen) atoms. The van der Waals surface area contributed by atoms with Gasteiger partial charge in [-0.05, 0) is 6.92 Å². The number of carboxylic acid groups (broad SMARTS) is 1. The van der Waals surface area contributed by atoms with Crippen LogP contribution in [0.4, 0.5) is 4.39 Å². The normalized spacial score (nSPS) is 12.8. The molecule has 0 aliphatic rings. The Kier molecular flexibility index (Phi) is 2.75. The van der Waals surface area contributed by atoms with Crippen LogP contribution in [0.15, 0.2) is 6.20 Å². The largest absolute Gasteiger partial charge is 0.481 e. The molecule has 0 bridgehead atoms. The molecule has 1 aromatic rings. The Hall–Kier alpha value is -0.970. The Morgan fingerprint density at radius 2 is 2.58 bits per heavy atom. The van der Waals surface area contributed by atoms with Gasteiger partial charge >= 0.3 is 5.97 Å². The highest BCUT2D eigenvalue weighted by molar-refractivity contribution is 7.11. The van der Waals surface area contributed by atoms with Gasteiger partial charge in [0.2, 0.25) is 0 Å². The average Bonchev–Trinajstić information content (AvgIpc) is 2.50. The van der Waals surface area contributed by atoms with E-state index in [9.17, 15) is 9.18 Å². The van der Waals surface area contributed by atoms with Crippen LogP contribution in [0.1, 0.15) is 22.7 Å². The zero-order valence-corrected chi connectivity index (χ0v) is 7.27. The Bertz CT molecular complexity index is 287. The molecule has 0 amide bonds. The molecule has 1 aromatic heterocycles. The molecule has 66 valence electrons. The van der Waals surface area contributed by atoms with Gasteiger partial charge in [-0.15, -0.1) is 11.3 Å². The zero-order chi connectivity index (χ0) is 9.14. The van der Waals surface area contributed by atoms with Crippen LogP contribution < -0.4 is 0 Å². The van der Waals surface area contributed by atoms with Crippen LogP contribution in [0, 0.1) is 0 Å². The standard InChI is InChI=1S/C7H8FNO2S/c1-4(7(10)11)5-3-9-6(2-8)12-5/h3-4H,2H2,1H3,(H,10,11). The SMILES string of the molecule is CC(C(=O)O)c1cnc(CF)s1. The van der Waals surface area contributed by atoms with Crippen molar-refractivity contribution in [3.05, 3.63) is 16.1 Å². The lowest BCUT2D eigenvalue weighted by atomic mass is 10.2. The minimum Gasteiger partial charge on any atom is -0.481 e. The van der Waals surface area contributed by atoms with E-state index in [1.54, 1.807) is 6.92 Å². The number of rotatable bonds is 3. The summed E-state index contributed by atoms with van der Waals surface area (Å²) in [5, 5.41) is 8.93. The summed E-state index contributed by atoms with van der Waals surface area (Å²) in [7, 11) is 0. The summed E-state index contributed by atoms with van der Waals surface area (Å²) in [6, 6.07) is 0. The van der Waals surface area contributed by atoms with E-state index in [1.165, 1.54) is 6.20 Å². The Morgan fingerprint density at radius 3 is 3.00 bits per heavy atom. The number of carbonyl (C=O) groups is 1. The smallest absolute Gasteiger partial charge is 0.311 e. The van der Waals surface area contributed by atoms with Crippen molar-refractivity contribution in [1.82, 2.24) is 4.98 Å². The Morgan fingerprint density at radius 1 is 1.92 bits per heavy atom. The first-order valence-corrected chi connectivity index (χ1v) is 4.20. The average molecular weight is 189 g/mol. The third-order valence-electron chi connectivity index (χ3n) is 1.48. The van der Waals surface area contributed by atoms with Crippen LogP contribution in [0.5, 0.6) is 0 Å². The number of aromatic nitrogens is 1. The molecule has 0 aliphatic heterocycles. The van der Waals surface area contributed by atoms with Gasteiger partial charge in [-0.1, -0.05) is 0 Å². The summed E-state index contributed by atoms with van der Waals surface area (Å²) < 4.78 is 12.0. The van der Waals surface area contributed by atoms with E-state index in [-0.39, 0.29) is 0 Å². The molecule has 5 heteroatoms. The zero-order valence-electron chi connectivity index (χ0n) is 6.45. The molecular formula is C7H8FNO2S. The Balaban J connectivity index is 2.81. The number of carboxylic acids is 1. The van der Waals surface area contributed by atoms with Crippen LogP contribution >= 0.6 is 11.3 Å². The lowest BCUT2D eigenvalue weighted by molar-refractivity contribution is -0.138. The molecule has 0 fully saturated rings.